The molecule has 0 spiro atoms. The van der Waals surface area contributed by atoms with E-state index in [0.717, 1.165) is 37.9 Å². The third kappa shape index (κ3) is 5.31. The fourth-order valence-corrected chi connectivity index (χ4v) is 2.68. The standard InChI is InChI=1S/C16H25N3.HI/c1-14-7-6-12-19(13-14)16(17-2)18-11-10-15-8-4-3-5-9-15;/h3-5,8-9,14H,6-7,10-13H2,1-2H3,(H,17,18);1H. The van der Waals surface area contributed by atoms with Crippen LogP contribution in [0, 0.1) is 5.92 Å². The predicted octanol–water partition coefficient (Wildman–Crippen LogP) is 3.15. The molecule has 3 nitrogen and oxygen atoms in total. The highest BCUT2D eigenvalue weighted by molar-refractivity contribution is 14.0. The van der Waals surface area contributed by atoms with E-state index in [1.807, 2.05) is 7.05 Å². The number of guanidine groups is 1. The molecule has 0 aliphatic carbocycles. The molecule has 1 aromatic rings. The Morgan fingerprint density at radius 3 is 2.75 bits per heavy atom. The normalized spacial score (nSPS) is 19.4. The van der Waals surface area contributed by atoms with E-state index in [9.17, 15) is 0 Å². The maximum absolute atomic E-state index is 4.41. The van der Waals surface area contributed by atoms with Gasteiger partial charge in [-0.2, -0.15) is 0 Å². The van der Waals surface area contributed by atoms with Crippen molar-refractivity contribution in [1.82, 2.24) is 10.2 Å². The Hall–Kier alpha value is -0.780. The summed E-state index contributed by atoms with van der Waals surface area (Å²) in [6.07, 6.45) is 3.67. The van der Waals surface area contributed by atoms with Crippen LogP contribution in [0.3, 0.4) is 0 Å². The van der Waals surface area contributed by atoms with Crippen molar-refractivity contribution in [1.29, 1.82) is 0 Å². The Labute approximate surface area is 139 Å². The summed E-state index contributed by atoms with van der Waals surface area (Å²) in [5.41, 5.74) is 1.37. The number of nitrogens with one attached hydrogen (secondary N) is 1. The van der Waals surface area contributed by atoms with Crippen molar-refractivity contribution in [2.24, 2.45) is 10.9 Å². The summed E-state index contributed by atoms with van der Waals surface area (Å²) in [6, 6.07) is 10.6. The molecule has 0 amide bonds. The molecule has 1 heterocycles. The minimum atomic E-state index is 0. The van der Waals surface area contributed by atoms with Gasteiger partial charge in [0.1, 0.15) is 0 Å². The topological polar surface area (TPSA) is 27.6 Å². The van der Waals surface area contributed by atoms with E-state index in [0.29, 0.717) is 0 Å². The van der Waals surface area contributed by atoms with Crippen molar-refractivity contribution in [2.75, 3.05) is 26.7 Å². The number of likely N-dealkylation sites (tertiary alicyclic amines) is 1. The molecule has 1 N–H and O–H groups in total. The second kappa shape index (κ2) is 9.21. The lowest BCUT2D eigenvalue weighted by molar-refractivity contribution is 0.266. The van der Waals surface area contributed by atoms with Crippen LogP contribution >= 0.6 is 24.0 Å². The lowest BCUT2D eigenvalue weighted by atomic mass is 10.0. The quantitative estimate of drug-likeness (QED) is 0.490. The Morgan fingerprint density at radius 1 is 1.35 bits per heavy atom. The van der Waals surface area contributed by atoms with Crippen LogP contribution in [0.2, 0.25) is 0 Å². The molecule has 1 atom stereocenters. The van der Waals surface area contributed by atoms with Gasteiger partial charge in [-0.3, -0.25) is 4.99 Å². The van der Waals surface area contributed by atoms with Crippen LogP contribution in [-0.4, -0.2) is 37.5 Å². The van der Waals surface area contributed by atoms with Crippen molar-refractivity contribution in [3.63, 3.8) is 0 Å². The highest BCUT2D eigenvalue weighted by Crippen LogP contribution is 2.15. The monoisotopic (exact) mass is 387 g/mol. The highest BCUT2D eigenvalue weighted by atomic mass is 127. The smallest absolute Gasteiger partial charge is 0.193 e. The average Bonchev–Trinajstić information content (AvgIpc) is 2.45. The first-order valence-corrected chi connectivity index (χ1v) is 7.29. The van der Waals surface area contributed by atoms with Crippen molar-refractivity contribution in [2.45, 2.75) is 26.2 Å². The van der Waals surface area contributed by atoms with Gasteiger partial charge in [-0.15, -0.1) is 24.0 Å². The molecule has 1 saturated heterocycles. The van der Waals surface area contributed by atoms with Crippen molar-refractivity contribution < 1.29 is 0 Å². The summed E-state index contributed by atoms with van der Waals surface area (Å²) in [5, 5.41) is 3.48. The summed E-state index contributed by atoms with van der Waals surface area (Å²) < 4.78 is 0. The van der Waals surface area contributed by atoms with Crippen LogP contribution in [0.5, 0.6) is 0 Å². The molecule has 20 heavy (non-hydrogen) atoms. The first-order valence-electron chi connectivity index (χ1n) is 7.29. The number of halogens is 1. The van der Waals surface area contributed by atoms with E-state index >= 15 is 0 Å². The molecule has 2 rings (SSSR count). The van der Waals surface area contributed by atoms with Crippen molar-refractivity contribution in [3.05, 3.63) is 35.9 Å². The van der Waals surface area contributed by atoms with Crippen LogP contribution in [0.1, 0.15) is 25.3 Å². The van der Waals surface area contributed by atoms with E-state index < -0.39 is 0 Å². The average molecular weight is 387 g/mol. The molecule has 0 saturated carbocycles. The first-order chi connectivity index (χ1) is 9.29. The lowest BCUT2D eigenvalue weighted by Crippen LogP contribution is -2.46. The summed E-state index contributed by atoms with van der Waals surface area (Å²) >= 11 is 0. The van der Waals surface area contributed by atoms with Gasteiger partial charge >= 0.3 is 0 Å². The summed E-state index contributed by atoms with van der Waals surface area (Å²) in [4.78, 5) is 6.80. The van der Waals surface area contributed by atoms with E-state index in [4.69, 9.17) is 0 Å². The number of hydrogen-bond donors (Lipinski definition) is 1. The molecule has 0 bridgehead atoms. The van der Waals surface area contributed by atoms with E-state index in [2.05, 4.69) is 52.5 Å². The first kappa shape index (κ1) is 17.3. The summed E-state index contributed by atoms with van der Waals surface area (Å²) in [5.74, 6) is 1.84. The van der Waals surface area contributed by atoms with E-state index in [1.165, 1.54) is 18.4 Å². The van der Waals surface area contributed by atoms with Gasteiger partial charge in [0.25, 0.3) is 0 Å². The van der Waals surface area contributed by atoms with Gasteiger partial charge in [0, 0.05) is 26.7 Å². The number of aliphatic imine (C=N–C) groups is 1. The van der Waals surface area contributed by atoms with Gasteiger partial charge in [-0.1, -0.05) is 37.3 Å². The maximum Gasteiger partial charge on any atom is 0.193 e. The number of hydrogen-bond acceptors (Lipinski definition) is 1. The van der Waals surface area contributed by atoms with E-state index in [-0.39, 0.29) is 24.0 Å². The predicted molar refractivity (Wildman–Crippen MR) is 96.9 cm³/mol. The number of nitrogens with zero attached hydrogens (tertiary/aromatic N) is 2. The Morgan fingerprint density at radius 2 is 2.10 bits per heavy atom. The van der Waals surface area contributed by atoms with Crippen LogP contribution < -0.4 is 5.32 Å². The van der Waals surface area contributed by atoms with Crippen molar-refractivity contribution in [3.8, 4) is 0 Å². The number of piperidine rings is 1. The molecular formula is C16H26IN3. The lowest BCUT2D eigenvalue weighted by Gasteiger charge is -2.33. The molecule has 1 aliphatic rings. The molecule has 1 aromatic carbocycles. The second-order valence-electron chi connectivity index (χ2n) is 5.40. The van der Waals surface area contributed by atoms with Gasteiger partial charge in [0.2, 0.25) is 0 Å². The van der Waals surface area contributed by atoms with Gasteiger partial charge < -0.3 is 10.2 Å². The Bertz CT molecular complexity index is 405. The third-order valence-corrected chi connectivity index (χ3v) is 3.71. The van der Waals surface area contributed by atoms with E-state index in [1.54, 1.807) is 0 Å². The minimum Gasteiger partial charge on any atom is -0.356 e. The Kier molecular flexibility index (Phi) is 7.95. The van der Waals surface area contributed by atoms with Crippen LogP contribution in [0.15, 0.2) is 35.3 Å². The molecule has 1 fully saturated rings. The SMILES string of the molecule is CN=C(NCCc1ccccc1)N1CCCC(C)C1.I. The molecule has 1 aliphatic heterocycles. The van der Waals surface area contributed by atoms with Gasteiger partial charge in [0.05, 0.1) is 0 Å². The fourth-order valence-electron chi connectivity index (χ4n) is 2.68. The second-order valence-corrected chi connectivity index (χ2v) is 5.40. The largest absolute Gasteiger partial charge is 0.356 e. The van der Waals surface area contributed by atoms with Crippen molar-refractivity contribution >= 4 is 29.9 Å². The molecular weight excluding hydrogens is 361 g/mol. The van der Waals surface area contributed by atoms with Gasteiger partial charge in [0.15, 0.2) is 5.96 Å². The van der Waals surface area contributed by atoms with Gasteiger partial charge in [-0.05, 0) is 30.7 Å². The minimum absolute atomic E-state index is 0. The third-order valence-electron chi connectivity index (χ3n) is 3.71. The molecule has 0 radical (unpaired) electrons. The van der Waals surface area contributed by atoms with Gasteiger partial charge in [-0.25, -0.2) is 0 Å². The Balaban J connectivity index is 0.00000200. The molecule has 4 heteroatoms. The zero-order chi connectivity index (χ0) is 13.5. The van der Waals surface area contributed by atoms with Crippen LogP contribution in [0.4, 0.5) is 0 Å². The summed E-state index contributed by atoms with van der Waals surface area (Å²) in [6.45, 7) is 5.53. The molecule has 0 aromatic heterocycles. The molecule has 1 unspecified atom stereocenters. The number of benzene rings is 1. The highest BCUT2D eigenvalue weighted by Gasteiger charge is 2.18. The summed E-state index contributed by atoms with van der Waals surface area (Å²) in [7, 11) is 1.88. The maximum atomic E-state index is 4.41. The fraction of sp³-hybridized carbons (Fsp3) is 0.562. The van der Waals surface area contributed by atoms with Crippen LogP contribution in [0.25, 0.3) is 0 Å². The van der Waals surface area contributed by atoms with Crippen LogP contribution in [-0.2, 0) is 6.42 Å². The molecule has 112 valence electrons. The number of rotatable bonds is 3. The zero-order valence-electron chi connectivity index (χ0n) is 12.5. The zero-order valence-corrected chi connectivity index (χ0v) is 14.8.